The third kappa shape index (κ3) is 4.59. The predicted molar refractivity (Wildman–Crippen MR) is 118 cm³/mol. The van der Waals surface area contributed by atoms with Crippen LogP contribution >= 0.6 is 0 Å². The zero-order chi connectivity index (χ0) is 21.8. The predicted octanol–water partition coefficient (Wildman–Crippen LogP) is 3.11. The molecule has 1 aliphatic heterocycles. The summed E-state index contributed by atoms with van der Waals surface area (Å²) in [5.74, 6) is -0.164. The molecule has 2 aromatic carbocycles. The highest BCUT2D eigenvalue weighted by Crippen LogP contribution is 2.23. The first kappa shape index (κ1) is 21.0. The Balaban J connectivity index is 1.58. The minimum atomic E-state index is -3.97. The number of hydrogen-bond donors (Lipinski definition) is 1. The molecule has 160 valence electrons. The van der Waals surface area contributed by atoms with Crippen molar-refractivity contribution in [2.45, 2.75) is 37.6 Å². The van der Waals surface area contributed by atoms with Gasteiger partial charge in [-0.05, 0) is 36.1 Å². The average Bonchev–Trinajstić information content (AvgIpc) is 2.79. The lowest BCUT2D eigenvalue weighted by atomic mass is 10.0. The van der Waals surface area contributed by atoms with Crippen molar-refractivity contribution in [3.8, 4) is 0 Å². The molecule has 0 bridgehead atoms. The van der Waals surface area contributed by atoms with Gasteiger partial charge >= 0.3 is 0 Å². The molecule has 0 radical (unpaired) electrons. The molecule has 0 unspecified atom stereocenters. The summed E-state index contributed by atoms with van der Waals surface area (Å²) in [5, 5.41) is 0. The SMILES string of the molecule is CCCc1nc(N2CCc3ccccc3C2)ncc1C(=O)NS(=O)(=O)c1ccccc1. The van der Waals surface area contributed by atoms with E-state index in [2.05, 4.69) is 31.7 Å². The average molecular weight is 437 g/mol. The van der Waals surface area contributed by atoms with E-state index in [4.69, 9.17) is 0 Å². The molecule has 2 heterocycles. The molecule has 31 heavy (non-hydrogen) atoms. The van der Waals surface area contributed by atoms with E-state index in [1.54, 1.807) is 18.2 Å². The Kier molecular flexibility index (Phi) is 5.99. The molecule has 7 nitrogen and oxygen atoms in total. The topological polar surface area (TPSA) is 92.3 Å². The minimum absolute atomic E-state index is 0.0323. The van der Waals surface area contributed by atoms with Crippen molar-refractivity contribution in [2.24, 2.45) is 0 Å². The summed E-state index contributed by atoms with van der Waals surface area (Å²) in [6, 6.07) is 16.1. The van der Waals surface area contributed by atoms with Crippen molar-refractivity contribution in [1.82, 2.24) is 14.7 Å². The number of benzene rings is 2. The Hall–Kier alpha value is -3.26. The zero-order valence-electron chi connectivity index (χ0n) is 17.3. The number of carbonyl (C=O) groups excluding carboxylic acids is 1. The number of carbonyl (C=O) groups is 1. The van der Waals surface area contributed by atoms with Crippen LogP contribution in [0.5, 0.6) is 0 Å². The standard InChI is InChI=1S/C23H24N4O3S/c1-2-8-21-20(22(28)26-31(29,30)19-11-4-3-5-12-19)15-24-23(25-21)27-14-13-17-9-6-7-10-18(17)16-27/h3-7,9-12,15H,2,8,13-14,16H2,1H3,(H,26,28). The molecule has 0 atom stereocenters. The van der Waals surface area contributed by atoms with Crippen LogP contribution in [0, 0.1) is 0 Å². The van der Waals surface area contributed by atoms with Crippen molar-refractivity contribution in [1.29, 1.82) is 0 Å². The van der Waals surface area contributed by atoms with E-state index < -0.39 is 15.9 Å². The summed E-state index contributed by atoms with van der Waals surface area (Å²) in [6.07, 6.45) is 3.66. The minimum Gasteiger partial charge on any atom is -0.336 e. The van der Waals surface area contributed by atoms with Crippen LogP contribution in [0.25, 0.3) is 0 Å². The van der Waals surface area contributed by atoms with Crippen molar-refractivity contribution in [2.75, 3.05) is 11.4 Å². The zero-order valence-corrected chi connectivity index (χ0v) is 18.1. The highest BCUT2D eigenvalue weighted by molar-refractivity contribution is 7.90. The number of aryl methyl sites for hydroxylation is 1. The summed E-state index contributed by atoms with van der Waals surface area (Å²) in [7, 11) is -3.97. The number of fused-ring (bicyclic) bond motifs is 1. The second-order valence-electron chi connectivity index (χ2n) is 7.47. The Morgan fingerprint density at radius 2 is 1.77 bits per heavy atom. The Morgan fingerprint density at radius 1 is 1.06 bits per heavy atom. The van der Waals surface area contributed by atoms with E-state index in [1.165, 1.54) is 29.5 Å². The van der Waals surface area contributed by atoms with E-state index in [0.717, 1.165) is 19.4 Å². The number of nitrogens with zero attached hydrogens (tertiary/aromatic N) is 3. The van der Waals surface area contributed by atoms with Gasteiger partial charge in [0, 0.05) is 19.3 Å². The van der Waals surface area contributed by atoms with Crippen LogP contribution in [0.2, 0.25) is 0 Å². The van der Waals surface area contributed by atoms with Crippen molar-refractivity contribution in [3.63, 3.8) is 0 Å². The Morgan fingerprint density at radius 3 is 2.52 bits per heavy atom. The van der Waals surface area contributed by atoms with Gasteiger partial charge in [0.1, 0.15) is 0 Å². The largest absolute Gasteiger partial charge is 0.336 e. The fraction of sp³-hybridized carbons (Fsp3) is 0.261. The van der Waals surface area contributed by atoms with Gasteiger partial charge < -0.3 is 4.90 Å². The smallest absolute Gasteiger partial charge is 0.268 e. The van der Waals surface area contributed by atoms with Crippen molar-refractivity contribution in [3.05, 3.63) is 83.2 Å². The third-order valence-electron chi connectivity index (χ3n) is 5.28. The second-order valence-corrected chi connectivity index (χ2v) is 9.15. The van der Waals surface area contributed by atoms with E-state index in [1.807, 2.05) is 19.1 Å². The second kappa shape index (κ2) is 8.85. The monoisotopic (exact) mass is 436 g/mol. The van der Waals surface area contributed by atoms with Gasteiger partial charge in [-0.1, -0.05) is 55.8 Å². The van der Waals surface area contributed by atoms with E-state index in [-0.39, 0.29) is 10.5 Å². The van der Waals surface area contributed by atoms with Crippen LogP contribution in [0.4, 0.5) is 5.95 Å². The highest BCUT2D eigenvalue weighted by atomic mass is 32.2. The highest BCUT2D eigenvalue weighted by Gasteiger charge is 2.24. The normalized spacial score (nSPS) is 13.5. The molecule has 0 saturated heterocycles. The number of aromatic nitrogens is 2. The van der Waals surface area contributed by atoms with E-state index >= 15 is 0 Å². The van der Waals surface area contributed by atoms with Crippen LogP contribution in [-0.4, -0.2) is 30.8 Å². The number of anilines is 1. The number of sulfonamides is 1. The van der Waals surface area contributed by atoms with Crippen LogP contribution in [0.15, 0.2) is 65.7 Å². The van der Waals surface area contributed by atoms with Gasteiger partial charge in [-0.2, -0.15) is 0 Å². The van der Waals surface area contributed by atoms with Crippen LogP contribution in [-0.2, 0) is 29.4 Å². The molecule has 1 aromatic heterocycles. The van der Waals surface area contributed by atoms with Gasteiger partial charge in [-0.25, -0.2) is 23.1 Å². The van der Waals surface area contributed by atoms with Gasteiger partial charge in [0.2, 0.25) is 5.95 Å². The fourth-order valence-corrected chi connectivity index (χ4v) is 4.67. The molecule has 0 spiro atoms. The number of nitrogens with one attached hydrogen (secondary N) is 1. The molecular weight excluding hydrogens is 412 g/mol. The van der Waals surface area contributed by atoms with E-state index in [9.17, 15) is 13.2 Å². The fourth-order valence-electron chi connectivity index (χ4n) is 3.68. The summed E-state index contributed by atoms with van der Waals surface area (Å²) in [4.78, 5) is 24.0. The summed E-state index contributed by atoms with van der Waals surface area (Å²) in [5.41, 5.74) is 3.30. The first-order chi connectivity index (χ1) is 15.0. The third-order valence-corrected chi connectivity index (χ3v) is 6.63. The lowest BCUT2D eigenvalue weighted by molar-refractivity contribution is 0.0979. The van der Waals surface area contributed by atoms with Crippen LogP contribution < -0.4 is 9.62 Å². The summed E-state index contributed by atoms with van der Waals surface area (Å²) < 4.78 is 27.2. The molecule has 0 fully saturated rings. The Labute approximate surface area is 182 Å². The summed E-state index contributed by atoms with van der Waals surface area (Å²) in [6.45, 7) is 3.48. The molecule has 1 aliphatic rings. The molecule has 1 N–H and O–H groups in total. The molecule has 0 aliphatic carbocycles. The molecule has 0 saturated carbocycles. The van der Waals surface area contributed by atoms with Crippen molar-refractivity contribution >= 4 is 21.9 Å². The van der Waals surface area contributed by atoms with Crippen molar-refractivity contribution < 1.29 is 13.2 Å². The number of amides is 1. The van der Waals surface area contributed by atoms with Gasteiger partial charge in [-0.3, -0.25) is 4.79 Å². The number of rotatable bonds is 6. The lowest BCUT2D eigenvalue weighted by Crippen LogP contribution is -2.34. The summed E-state index contributed by atoms with van der Waals surface area (Å²) >= 11 is 0. The maximum atomic E-state index is 12.8. The van der Waals surface area contributed by atoms with Gasteiger partial charge in [0.15, 0.2) is 0 Å². The van der Waals surface area contributed by atoms with Gasteiger partial charge in [-0.15, -0.1) is 0 Å². The van der Waals surface area contributed by atoms with Gasteiger partial charge in [0.05, 0.1) is 16.2 Å². The van der Waals surface area contributed by atoms with Crippen LogP contribution in [0.3, 0.4) is 0 Å². The first-order valence-electron chi connectivity index (χ1n) is 10.3. The first-order valence-corrected chi connectivity index (χ1v) is 11.8. The molecule has 1 amide bonds. The van der Waals surface area contributed by atoms with E-state index in [0.29, 0.717) is 24.6 Å². The maximum absolute atomic E-state index is 12.8. The molecule has 3 aromatic rings. The lowest BCUT2D eigenvalue weighted by Gasteiger charge is -2.29. The quantitative estimate of drug-likeness (QED) is 0.638. The molecule has 8 heteroatoms. The van der Waals surface area contributed by atoms with Crippen LogP contribution in [0.1, 0.15) is 40.5 Å². The maximum Gasteiger partial charge on any atom is 0.268 e. The van der Waals surface area contributed by atoms with Gasteiger partial charge in [0.25, 0.3) is 15.9 Å². The number of hydrogen-bond acceptors (Lipinski definition) is 6. The Bertz CT molecular complexity index is 1200. The molecule has 4 rings (SSSR count). The molecular formula is C23H24N4O3S.